The third-order valence-corrected chi connectivity index (χ3v) is 4.11. The van der Waals surface area contributed by atoms with Crippen molar-refractivity contribution >= 4 is 29.5 Å². The summed E-state index contributed by atoms with van der Waals surface area (Å²) in [4.78, 5) is 37.5. The fourth-order valence-electron chi connectivity index (χ4n) is 2.01. The van der Waals surface area contributed by atoms with E-state index in [0.29, 0.717) is 18.1 Å². The summed E-state index contributed by atoms with van der Waals surface area (Å²) in [6.45, 7) is 7.53. The molecule has 0 aromatic rings. The molecule has 1 N–H and O–H groups in total. The Bertz CT molecular complexity index is 420. The summed E-state index contributed by atoms with van der Waals surface area (Å²) in [5.74, 6) is 0.231. The van der Waals surface area contributed by atoms with Crippen LogP contribution in [-0.4, -0.2) is 53.5 Å². The Morgan fingerprint density at radius 3 is 2.52 bits per heavy atom. The molecule has 1 aliphatic heterocycles. The topological polar surface area (TPSA) is 75.7 Å². The van der Waals surface area contributed by atoms with Gasteiger partial charge in [0.25, 0.3) is 0 Å². The van der Waals surface area contributed by atoms with Crippen LogP contribution in [0, 0.1) is 5.41 Å². The van der Waals surface area contributed by atoms with Crippen LogP contribution in [0.2, 0.25) is 0 Å². The lowest BCUT2D eigenvalue weighted by atomic mass is 9.91. The first-order valence-corrected chi connectivity index (χ1v) is 8.06. The molecule has 0 aliphatic carbocycles. The summed E-state index contributed by atoms with van der Waals surface area (Å²) in [5, 5.41) is 2.60. The van der Waals surface area contributed by atoms with Crippen molar-refractivity contribution in [2.45, 2.75) is 46.2 Å². The van der Waals surface area contributed by atoms with Crippen molar-refractivity contribution in [3.63, 3.8) is 0 Å². The maximum Gasteiger partial charge on any atom is 0.328 e. The van der Waals surface area contributed by atoms with Gasteiger partial charge in [-0.15, -0.1) is 11.8 Å². The number of methoxy groups -OCH3 is 1. The van der Waals surface area contributed by atoms with E-state index in [-0.39, 0.29) is 17.2 Å². The molecule has 2 atom stereocenters. The van der Waals surface area contributed by atoms with Crippen LogP contribution >= 0.6 is 11.8 Å². The molecule has 21 heavy (non-hydrogen) atoms. The first-order valence-electron chi connectivity index (χ1n) is 6.91. The zero-order valence-corrected chi connectivity index (χ0v) is 14.1. The summed E-state index contributed by atoms with van der Waals surface area (Å²) in [6, 6.07) is -1.23. The zero-order valence-electron chi connectivity index (χ0n) is 13.3. The van der Waals surface area contributed by atoms with E-state index in [0.717, 1.165) is 0 Å². The molecule has 0 unspecified atom stereocenters. The summed E-state index contributed by atoms with van der Waals surface area (Å²) in [6.07, 6.45) is 0.393. The van der Waals surface area contributed by atoms with Gasteiger partial charge in [-0.3, -0.25) is 9.59 Å². The highest BCUT2D eigenvalue weighted by molar-refractivity contribution is 7.99. The molecule has 0 aromatic heterocycles. The van der Waals surface area contributed by atoms with Gasteiger partial charge in [0.15, 0.2) is 0 Å². The van der Waals surface area contributed by atoms with E-state index in [1.165, 1.54) is 7.11 Å². The Kier molecular flexibility index (Phi) is 6.07. The maximum absolute atomic E-state index is 12.3. The van der Waals surface area contributed by atoms with Gasteiger partial charge in [0.1, 0.15) is 12.1 Å². The van der Waals surface area contributed by atoms with E-state index in [1.807, 2.05) is 20.8 Å². The number of nitrogens with zero attached hydrogens (tertiary/aromatic N) is 1. The first kappa shape index (κ1) is 17.8. The number of rotatable bonds is 4. The average Bonchev–Trinajstić information content (AvgIpc) is 2.84. The van der Waals surface area contributed by atoms with Gasteiger partial charge in [-0.05, 0) is 12.3 Å². The van der Waals surface area contributed by atoms with Gasteiger partial charge >= 0.3 is 5.97 Å². The molecule has 0 spiro atoms. The van der Waals surface area contributed by atoms with Crippen molar-refractivity contribution in [2.24, 2.45) is 5.41 Å². The second kappa shape index (κ2) is 7.15. The van der Waals surface area contributed by atoms with Gasteiger partial charge in [0.05, 0.1) is 13.0 Å². The summed E-state index contributed by atoms with van der Waals surface area (Å²) >= 11 is 1.54. The molecule has 1 heterocycles. The molecule has 2 amide bonds. The van der Waals surface area contributed by atoms with Gasteiger partial charge < -0.3 is 15.0 Å². The summed E-state index contributed by atoms with van der Waals surface area (Å²) in [7, 11) is 1.27. The molecule has 1 saturated heterocycles. The fourth-order valence-corrected chi connectivity index (χ4v) is 3.19. The Labute approximate surface area is 130 Å². The molecule has 7 heteroatoms. The molecular weight excluding hydrogens is 292 g/mol. The fraction of sp³-hybridized carbons (Fsp3) is 0.786. The minimum absolute atomic E-state index is 0.0293. The van der Waals surface area contributed by atoms with Crippen LogP contribution in [0.1, 0.15) is 34.1 Å². The number of esters is 1. The largest absolute Gasteiger partial charge is 0.467 e. The predicted octanol–water partition coefficient (Wildman–Crippen LogP) is 1.00. The first-order chi connectivity index (χ1) is 9.65. The Balaban J connectivity index is 2.66. The number of amides is 2. The molecule has 120 valence electrons. The van der Waals surface area contributed by atoms with E-state index in [9.17, 15) is 14.4 Å². The van der Waals surface area contributed by atoms with Crippen LogP contribution < -0.4 is 5.32 Å². The smallest absolute Gasteiger partial charge is 0.328 e. The highest BCUT2D eigenvalue weighted by atomic mass is 32.2. The van der Waals surface area contributed by atoms with Crippen molar-refractivity contribution in [1.82, 2.24) is 10.2 Å². The summed E-state index contributed by atoms with van der Waals surface area (Å²) < 4.78 is 4.58. The highest BCUT2D eigenvalue weighted by Crippen LogP contribution is 2.26. The molecule has 1 fully saturated rings. The van der Waals surface area contributed by atoms with Gasteiger partial charge in [0, 0.05) is 12.2 Å². The Hall–Kier alpha value is -1.24. The standard InChI is InChI=1S/C14H24N2O4S/c1-9(13(19)20-5)15-12(18)10-7-21-8-16(10)11(17)6-14(2,3)4/h9-10H,6-8H2,1-5H3,(H,15,18)/t9-,10+/m0/s1. The van der Waals surface area contributed by atoms with Gasteiger partial charge in [-0.1, -0.05) is 20.8 Å². The third-order valence-electron chi connectivity index (χ3n) is 3.10. The van der Waals surface area contributed by atoms with Crippen LogP contribution in [0.15, 0.2) is 0 Å². The van der Waals surface area contributed by atoms with Crippen LogP contribution in [0.5, 0.6) is 0 Å². The lowest BCUT2D eigenvalue weighted by Gasteiger charge is -2.27. The summed E-state index contributed by atoms with van der Waals surface area (Å²) in [5.41, 5.74) is -0.120. The monoisotopic (exact) mass is 316 g/mol. The molecule has 1 rings (SSSR count). The molecule has 1 aliphatic rings. The van der Waals surface area contributed by atoms with Crippen molar-refractivity contribution in [2.75, 3.05) is 18.7 Å². The lowest BCUT2D eigenvalue weighted by molar-refractivity contribution is -0.145. The third kappa shape index (κ3) is 5.22. The van der Waals surface area contributed by atoms with E-state index < -0.39 is 18.1 Å². The SMILES string of the molecule is COC(=O)[C@H](C)NC(=O)[C@H]1CSCN1C(=O)CC(C)(C)C. The minimum atomic E-state index is -0.715. The second-order valence-electron chi connectivity index (χ2n) is 6.37. The van der Waals surface area contributed by atoms with E-state index in [1.54, 1.807) is 23.6 Å². The number of carbonyl (C=O) groups excluding carboxylic acids is 3. The number of nitrogens with one attached hydrogen (secondary N) is 1. The number of thioether (sulfide) groups is 1. The van der Waals surface area contributed by atoms with E-state index in [2.05, 4.69) is 10.1 Å². The minimum Gasteiger partial charge on any atom is -0.467 e. The van der Waals surface area contributed by atoms with Crippen molar-refractivity contribution < 1.29 is 19.1 Å². The van der Waals surface area contributed by atoms with Crippen LogP contribution in [0.4, 0.5) is 0 Å². The van der Waals surface area contributed by atoms with Crippen LogP contribution in [0.25, 0.3) is 0 Å². The van der Waals surface area contributed by atoms with Gasteiger partial charge in [-0.2, -0.15) is 0 Å². The Morgan fingerprint density at radius 1 is 1.38 bits per heavy atom. The predicted molar refractivity (Wildman–Crippen MR) is 81.7 cm³/mol. The van der Waals surface area contributed by atoms with E-state index in [4.69, 9.17) is 0 Å². The van der Waals surface area contributed by atoms with Gasteiger partial charge in [0.2, 0.25) is 11.8 Å². The van der Waals surface area contributed by atoms with Crippen molar-refractivity contribution in [1.29, 1.82) is 0 Å². The zero-order chi connectivity index (χ0) is 16.2. The average molecular weight is 316 g/mol. The lowest BCUT2D eigenvalue weighted by Crippen LogP contribution is -2.51. The molecule has 6 nitrogen and oxygen atoms in total. The van der Waals surface area contributed by atoms with Crippen molar-refractivity contribution in [3.8, 4) is 0 Å². The molecule has 0 bridgehead atoms. The molecule has 0 radical (unpaired) electrons. The Morgan fingerprint density at radius 2 is 2.00 bits per heavy atom. The quantitative estimate of drug-likeness (QED) is 0.783. The molecular formula is C14H24N2O4S. The van der Waals surface area contributed by atoms with Crippen LogP contribution in [-0.2, 0) is 19.1 Å². The van der Waals surface area contributed by atoms with Crippen molar-refractivity contribution in [3.05, 3.63) is 0 Å². The number of hydrogen-bond donors (Lipinski definition) is 1. The molecule has 0 saturated carbocycles. The normalized spacial score (nSPS) is 20.0. The number of hydrogen-bond acceptors (Lipinski definition) is 5. The van der Waals surface area contributed by atoms with Crippen LogP contribution in [0.3, 0.4) is 0 Å². The number of ether oxygens (including phenoxy) is 1. The molecule has 0 aromatic carbocycles. The number of carbonyl (C=O) groups is 3. The van der Waals surface area contributed by atoms with Gasteiger partial charge in [-0.25, -0.2) is 4.79 Å². The van der Waals surface area contributed by atoms with E-state index >= 15 is 0 Å². The maximum atomic E-state index is 12.3. The highest BCUT2D eigenvalue weighted by Gasteiger charge is 2.36. The second-order valence-corrected chi connectivity index (χ2v) is 7.37.